The zero-order chi connectivity index (χ0) is 17.1. The van der Waals surface area contributed by atoms with Gasteiger partial charge in [-0.3, -0.25) is 0 Å². The third-order valence-electron chi connectivity index (χ3n) is 4.02. The molecule has 120 valence electrons. The lowest BCUT2D eigenvalue weighted by molar-refractivity contribution is 0.308. The molecule has 3 aromatic carbocycles. The summed E-state index contributed by atoms with van der Waals surface area (Å²) in [5.41, 5.74) is 2.60. The predicted molar refractivity (Wildman–Crippen MR) is 94.8 cm³/mol. The Morgan fingerprint density at radius 1 is 0.920 bits per heavy atom. The summed E-state index contributed by atoms with van der Waals surface area (Å²) in [6.07, 6.45) is 0. The molecule has 0 amide bonds. The molecule has 4 aromatic rings. The Labute approximate surface area is 144 Å². The molecule has 1 heterocycles. The minimum Gasteiger partial charge on any atom is -0.488 e. The van der Waals surface area contributed by atoms with E-state index in [0.29, 0.717) is 18.1 Å². The Bertz CT molecular complexity index is 1060. The van der Waals surface area contributed by atoms with Crippen LogP contribution in [0.25, 0.3) is 22.0 Å². The van der Waals surface area contributed by atoms with E-state index in [9.17, 15) is 5.26 Å². The lowest BCUT2D eigenvalue weighted by atomic mass is 10.00. The maximum absolute atomic E-state index is 9.33. The van der Waals surface area contributed by atoms with E-state index in [1.54, 1.807) is 0 Å². The van der Waals surface area contributed by atoms with Crippen molar-refractivity contribution in [3.8, 4) is 23.1 Å². The highest BCUT2D eigenvalue weighted by Gasteiger charge is 2.18. The summed E-state index contributed by atoms with van der Waals surface area (Å²) in [4.78, 5) is 0. The number of benzene rings is 3. The van der Waals surface area contributed by atoms with Crippen LogP contribution in [0.15, 0.2) is 66.7 Å². The first kappa shape index (κ1) is 14.9. The van der Waals surface area contributed by atoms with E-state index in [-0.39, 0.29) is 5.69 Å². The second kappa shape index (κ2) is 6.46. The van der Waals surface area contributed by atoms with Crippen molar-refractivity contribution >= 4 is 10.8 Å². The SMILES string of the molecule is N#Cc1n[nH]nc1-c1c(OCc2ccccc2)ccc2ccccc12. The molecule has 1 N–H and O–H groups in total. The van der Waals surface area contributed by atoms with Gasteiger partial charge in [0.05, 0.1) is 5.56 Å². The number of nitriles is 1. The van der Waals surface area contributed by atoms with Crippen molar-refractivity contribution in [2.24, 2.45) is 0 Å². The molecule has 0 saturated carbocycles. The quantitative estimate of drug-likeness (QED) is 0.613. The molecule has 0 bridgehead atoms. The van der Waals surface area contributed by atoms with Crippen LogP contribution in [0.1, 0.15) is 11.3 Å². The maximum Gasteiger partial charge on any atom is 0.190 e. The van der Waals surface area contributed by atoms with Crippen molar-refractivity contribution in [1.82, 2.24) is 15.4 Å². The number of nitrogens with zero attached hydrogens (tertiary/aromatic N) is 3. The zero-order valence-corrected chi connectivity index (χ0v) is 13.3. The van der Waals surface area contributed by atoms with E-state index in [0.717, 1.165) is 21.9 Å². The number of hydrogen-bond donors (Lipinski definition) is 1. The molecule has 1 aromatic heterocycles. The fourth-order valence-electron chi connectivity index (χ4n) is 2.83. The Hall–Kier alpha value is -3.65. The highest BCUT2D eigenvalue weighted by Crippen LogP contribution is 2.37. The molecule has 5 nitrogen and oxygen atoms in total. The summed E-state index contributed by atoms with van der Waals surface area (Å²) in [5.74, 6) is 0.674. The number of aromatic amines is 1. The number of H-pyrrole nitrogens is 1. The van der Waals surface area contributed by atoms with Gasteiger partial charge >= 0.3 is 0 Å². The molecule has 0 aliphatic heterocycles. The summed E-state index contributed by atoms with van der Waals surface area (Å²) in [5, 5.41) is 22.0. The number of hydrogen-bond acceptors (Lipinski definition) is 4. The average Bonchev–Trinajstić information content (AvgIpc) is 3.15. The molecule has 0 fully saturated rings. The summed E-state index contributed by atoms with van der Waals surface area (Å²) < 4.78 is 6.06. The van der Waals surface area contributed by atoms with Crippen LogP contribution in [0.2, 0.25) is 0 Å². The first-order valence-corrected chi connectivity index (χ1v) is 7.86. The van der Waals surface area contributed by atoms with Crippen LogP contribution < -0.4 is 4.74 Å². The van der Waals surface area contributed by atoms with Gasteiger partial charge in [-0.05, 0) is 22.4 Å². The van der Waals surface area contributed by atoms with Gasteiger partial charge in [-0.15, -0.1) is 5.10 Å². The van der Waals surface area contributed by atoms with Crippen LogP contribution in [-0.2, 0) is 6.61 Å². The monoisotopic (exact) mass is 326 g/mol. The molecule has 0 atom stereocenters. The molecule has 0 aliphatic rings. The second-order valence-corrected chi connectivity index (χ2v) is 5.57. The minimum atomic E-state index is 0.251. The van der Waals surface area contributed by atoms with E-state index in [1.807, 2.05) is 66.7 Å². The smallest absolute Gasteiger partial charge is 0.190 e. The lowest BCUT2D eigenvalue weighted by Crippen LogP contribution is -1.98. The molecule has 0 unspecified atom stereocenters. The van der Waals surface area contributed by atoms with Crippen LogP contribution >= 0.6 is 0 Å². The maximum atomic E-state index is 9.33. The number of ether oxygens (including phenoxy) is 1. The van der Waals surface area contributed by atoms with Crippen LogP contribution in [0, 0.1) is 11.3 Å². The van der Waals surface area contributed by atoms with E-state index in [1.165, 1.54) is 0 Å². The molecule has 0 radical (unpaired) electrons. The minimum absolute atomic E-state index is 0.251. The number of rotatable bonds is 4. The first-order valence-electron chi connectivity index (χ1n) is 7.86. The van der Waals surface area contributed by atoms with Crippen LogP contribution in [0.5, 0.6) is 5.75 Å². The molecule has 0 aliphatic carbocycles. The number of fused-ring (bicyclic) bond motifs is 1. The van der Waals surface area contributed by atoms with Gasteiger partial charge in [0, 0.05) is 0 Å². The van der Waals surface area contributed by atoms with Gasteiger partial charge in [0.15, 0.2) is 5.69 Å². The predicted octanol–water partition coefficient (Wildman–Crippen LogP) is 4.08. The van der Waals surface area contributed by atoms with Crippen molar-refractivity contribution in [3.63, 3.8) is 0 Å². The van der Waals surface area contributed by atoms with Crippen molar-refractivity contribution < 1.29 is 4.74 Å². The van der Waals surface area contributed by atoms with Gasteiger partial charge in [0.25, 0.3) is 0 Å². The highest BCUT2D eigenvalue weighted by molar-refractivity contribution is 5.99. The van der Waals surface area contributed by atoms with Crippen LogP contribution in [0.3, 0.4) is 0 Å². The molecule has 0 saturated heterocycles. The standard InChI is InChI=1S/C20H14N4O/c21-12-17-20(23-24-22-17)19-16-9-5-4-8-15(16)10-11-18(19)25-13-14-6-2-1-3-7-14/h1-11H,13H2,(H,22,23,24). The van der Waals surface area contributed by atoms with Gasteiger partial charge in [-0.2, -0.15) is 15.6 Å². The van der Waals surface area contributed by atoms with Crippen LogP contribution in [-0.4, -0.2) is 15.4 Å². The van der Waals surface area contributed by atoms with Crippen molar-refractivity contribution in [3.05, 3.63) is 78.0 Å². The van der Waals surface area contributed by atoms with Crippen molar-refractivity contribution in [1.29, 1.82) is 5.26 Å². The van der Waals surface area contributed by atoms with Crippen molar-refractivity contribution in [2.75, 3.05) is 0 Å². The van der Waals surface area contributed by atoms with Gasteiger partial charge in [0.2, 0.25) is 0 Å². The van der Waals surface area contributed by atoms with E-state index >= 15 is 0 Å². The van der Waals surface area contributed by atoms with Crippen LogP contribution in [0.4, 0.5) is 0 Å². The lowest BCUT2D eigenvalue weighted by Gasteiger charge is -2.13. The summed E-state index contributed by atoms with van der Waals surface area (Å²) in [6.45, 7) is 0.436. The summed E-state index contributed by atoms with van der Waals surface area (Å²) in [7, 11) is 0. The highest BCUT2D eigenvalue weighted by atomic mass is 16.5. The molecule has 5 heteroatoms. The largest absolute Gasteiger partial charge is 0.488 e. The molecular formula is C20H14N4O. The van der Waals surface area contributed by atoms with Gasteiger partial charge < -0.3 is 4.74 Å². The Kier molecular flexibility index (Phi) is 3.85. The van der Waals surface area contributed by atoms with E-state index < -0.39 is 0 Å². The molecule has 4 rings (SSSR count). The normalized spacial score (nSPS) is 10.5. The average molecular weight is 326 g/mol. The molecule has 0 spiro atoms. The molecular weight excluding hydrogens is 312 g/mol. The van der Waals surface area contributed by atoms with E-state index in [2.05, 4.69) is 21.5 Å². The topological polar surface area (TPSA) is 74.6 Å². The van der Waals surface area contributed by atoms with Crippen molar-refractivity contribution in [2.45, 2.75) is 6.61 Å². The summed E-state index contributed by atoms with van der Waals surface area (Å²) >= 11 is 0. The van der Waals surface area contributed by atoms with E-state index in [4.69, 9.17) is 4.74 Å². The zero-order valence-electron chi connectivity index (χ0n) is 13.3. The number of aromatic nitrogens is 3. The van der Waals surface area contributed by atoms with Gasteiger partial charge in [-0.1, -0.05) is 60.7 Å². The first-order chi connectivity index (χ1) is 12.4. The Balaban J connectivity index is 1.84. The summed E-state index contributed by atoms with van der Waals surface area (Å²) in [6, 6.07) is 23.9. The third kappa shape index (κ3) is 2.81. The Morgan fingerprint density at radius 3 is 2.56 bits per heavy atom. The second-order valence-electron chi connectivity index (χ2n) is 5.57. The van der Waals surface area contributed by atoms with Gasteiger partial charge in [0.1, 0.15) is 24.1 Å². The van der Waals surface area contributed by atoms with Gasteiger partial charge in [-0.25, -0.2) is 0 Å². The fraction of sp³-hybridized carbons (Fsp3) is 0.0500. The third-order valence-corrected chi connectivity index (χ3v) is 4.02. The number of nitrogens with one attached hydrogen (secondary N) is 1. The molecule has 25 heavy (non-hydrogen) atoms. The fourth-order valence-corrected chi connectivity index (χ4v) is 2.83. The Morgan fingerprint density at radius 2 is 1.72 bits per heavy atom.